The van der Waals surface area contributed by atoms with E-state index in [1.54, 1.807) is 18.7 Å². The van der Waals surface area contributed by atoms with Crippen molar-refractivity contribution in [3.63, 3.8) is 0 Å². The van der Waals surface area contributed by atoms with E-state index in [0.29, 0.717) is 6.61 Å². The molecule has 1 rings (SSSR count). The lowest BCUT2D eigenvalue weighted by Gasteiger charge is -1.94. The van der Waals surface area contributed by atoms with Gasteiger partial charge in [0.15, 0.2) is 5.16 Å². The van der Waals surface area contributed by atoms with Gasteiger partial charge in [0, 0.05) is 7.05 Å². The highest BCUT2D eigenvalue weighted by Crippen LogP contribution is 2.13. The third-order valence-electron chi connectivity index (χ3n) is 1.45. The summed E-state index contributed by atoms with van der Waals surface area (Å²) < 4.78 is 6.37. The molecule has 78 valence electrons. The zero-order valence-electron chi connectivity index (χ0n) is 8.48. The standard InChI is InChI=1S/C8H13N3O2S/c1-4-13-7(12)6-9-8(14-5-2)11(3)10-6/h4-5H2,1-3H3. The number of aryl methyl sites for hydroxylation is 1. The molecule has 0 spiro atoms. The first-order chi connectivity index (χ1) is 6.69. The highest BCUT2D eigenvalue weighted by molar-refractivity contribution is 7.99. The lowest BCUT2D eigenvalue weighted by Crippen LogP contribution is -2.07. The van der Waals surface area contributed by atoms with Gasteiger partial charge in [-0.05, 0) is 12.7 Å². The number of carbonyl (C=O) groups is 1. The number of esters is 1. The van der Waals surface area contributed by atoms with Crippen LogP contribution in [0.3, 0.4) is 0 Å². The highest BCUT2D eigenvalue weighted by atomic mass is 32.2. The molecule has 0 radical (unpaired) electrons. The molecule has 0 amide bonds. The average Bonchev–Trinajstić information content (AvgIpc) is 2.49. The predicted molar refractivity (Wildman–Crippen MR) is 53.4 cm³/mol. The number of hydrogen-bond donors (Lipinski definition) is 0. The number of rotatable bonds is 4. The van der Waals surface area contributed by atoms with Gasteiger partial charge in [0.25, 0.3) is 5.82 Å². The molecule has 0 bridgehead atoms. The van der Waals surface area contributed by atoms with E-state index in [0.717, 1.165) is 10.9 Å². The van der Waals surface area contributed by atoms with Crippen molar-refractivity contribution in [2.75, 3.05) is 12.4 Å². The van der Waals surface area contributed by atoms with E-state index in [1.165, 1.54) is 11.8 Å². The topological polar surface area (TPSA) is 57.0 Å². The molecular formula is C8H13N3O2S. The Morgan fingerprint density at radius 3 is 2.86 bits per heavy atom. The van der Waals surface area contributed by atoms with E-state index in [1.807, 2.05) is 6.92 Å². The predicted octanol–water partition coefficient (Wildman–Crippen LogP) is 1.10. The first kappa shape index (κ1) is 11.0. The first-order valence-electron chi connectivity index (χ1n) is 4.40. The minimum Gasteiger partial charge on any atom is -0.460 e. The fraction of sp³-hybridized carbons (Fsp3) is 0.625. The van der Waals surface area contributed by atoms with Gasteiger partial charge in [0.1, 0.15) is 0 Å². The number of ether oxygens (including phenoxy) is 1. The second kappa shape index (κ2) is 4.99. The van der Waals surface area contributed by atoms with Gasteiger partial charge < -0.3 is 4.74 Å². The summed E-state index contributed by atoms with van der Waals surface area (Å²) in [4.78, 5) is 15.3. The van der Waals surface area contributed by atoms with Crippen molar-refractivity contribution < 1.29 is 9.53 Å². The van der Waals surface area contributed by atoms with Crippen LogP contribution in [0.2, 0.25) is 0 Å². The van der Waals surface area contributed by atoms with Gasteiger partial charge in [-0.15, -0.1) is 5.10 Å². The van der Waals surface area contributed by atoms with E-state index in [4.69, 9.17) is 4.74 Å². The maximum Gasteiger partial charge on any atom is 0.378 e. The summed E-state index contributed by atoms with van der Waals surface area (Å²) in [6.45, 7) is 4.11. The second-order valence-electron chi connectivity index (χ2n) is 2.50. The molecule has 0 aliphatic heterocycles. The van der Waals surface area contributed by atoms with Crippen molar-refractivity contribution in [1.29, 1.82) is 0 Å². The van der Waals surface area contributed by atoms with Gasteiger partial charge in [-0.3, -0.25) is 0 Å². The van der Waals surface area contributed by atoms with Crippen molar-refractivity contribution in [2.45, 2.75) is 19.0 Å². The summed E-state index contributed by atoms with van der Waals surface area (Å²) in [6, 6.07) is 0. The summed E-state index contributed by atoms with van der Waals surface area (Å²) in [7, 11) is 1.76. The normalized spacial score (nSPS) is 10.2. The molecule has 14 heavy (non-hydrogen) atoms. The summed E-state index contributed by atoms with van der Waals surface area (Å²) in [6.07, 6.45) is 0. The van der Waals surface area contributed by atoms with Crippen molar-refractivity contribution in [1.82, 2.24) is 14.8 Å². The Morgan fingerprint density at radius 1 is 1.57 bits per heavy atom. The molecule has 0 saturated carbocycles. The van der Waals surface area contributed by atoms with Gasteiger partial charge in [0.2, 0.25) is 0 Å². The van der Waals surface area contributed by atoms with Crippen LogP contribution in [0.25, 0.3) is 0 Å². The van der Waals surface area contributed by atoms with Crippen molar-refractivity contribution in [3.05, 3.63) is 5.82 Å². The molecule has 0 atom stereocenters. The van der Waals surface area contributed by atoms with E-state index in [-0.39, 0.29) is 5.82 Å². The van der Waals surface area contributed by atoms with Crippen LogP contribution in [-0.2, 0) is 11.8 Å². The maximum absolute atomic E-state index is 11.2. The van der Waals surface area contributed by atoms with Crippen LogP contribution >= 0.6 is 11.8 Å². The molecular weight excluding hydrogens is 202 g/mol. The largest absolute Gasteiger partial charge is 0.460 e. The molecule has 1 aromatic rings. The van der Waals surface area contributed by atoms with Gasteiger partial charge in [-0.2, -0.15) is 4.98 Å². The smallest absolute Gasteiger partial charge is 0.378 e. The number of thioether (sulfide) groups is 1. The number of nitrogens with zero attached hydrogens (tertiary/aromatic N) is 3. The molecule has 0 aliphatic rings. The van der Waals surface area contributed by atoms with Gasteiger partial charge in [0.05, 0.1) is 6.61 Å². The van der Waals surface area contributed by atoms with Crippen molar-refractivity contribution >= 4 is 17.7 Å². The zero-order valence-corrected chi connectivity index (χ0v) is 9.30. The molecule has 0 aliphatic carbocycles. The SMILES string of the molecule is CCOC(=O)c1nc(SCC)n(C)n1. The number of hydrogen-bond acceptors (Lipinski definition) is 5. The van der Waals surface area contributed by atoms with Crippen LogP contribution in [0.4, 0.5) is 0 Å². The lowest BCUT2D eigenvalue weighted by molar-refractivity contribution is 0.0511. The third-order valence-corrected chi connectivity index (χ3v) is 2.36. The molecule has 1 aromatic heterocycles. The van der Waals surface area contributed by atoms with Crippen LogP contribution in [0.15, 0.2) is 5.16 Å². The molecule has 1 heterocycles. The molecule has 5 nitrogen and oxygen atoms in total. The Balaban J connectivity index is 2.79. The fourth-order valence-corrected chi connectivity index (χ4v) is 1.54. The minimum atomic E-state index is -0.467. The second-order valence-corrected chi connectivity index (χ2v) is 3.73. The monoisotopic (exact) mass is 215 g/mol. The fourth-order valence-electron chi connectivity index (χ4n) is 0.907. The molecule has 0 aromatic carbocycles. The van der Waals surface area contributed by atoms with E-state index in [9.17, 15) is 4.79 Å². The Bertz CT molecular complexity index is 324. The quantitative estimate of drug-likeness (QED) is 0.556. The van der Waals surface area contributed by atoms with Crippen LogP contribution in [0.1, 0.15) is 24.5 Å². The Hall–Kier alpha value is -1.04. The molecule has 0 saturated heterocycles. The summed E-state index contributed by atoms with van der Waals surface area (Å²) in [5.74, 6) is 0.561. The van der Waals surface area contributed by atoms with E-state index >= 15 is 0 Å². The van der Waals surface area contributed by atoms with Crippen LogP contribution in [0, 0.1) is 0 Å². The van der Waals surface area contributed by atoms with Gasteiger partial charge >= 0.3 is 5.97 Å². The van der Waals surface area contributed by atoms with Gasteiger partial charge in [-0.25, -0.2) is 9.48 Å². The minimum absolute atomic E-state index is 0.130. The van der Waals surface area contributed by atoms with Crippen LogP contribution in [0.5, 0.6) is 0 Å². The molecule has 6 heteroatoms. The third kappa shape index (κ3) is 2.47. The van der Waals surface area contributed by atoms with Crippen LogP contribution < -0.4 is 0 Å². The zero-order chi connectivity index (χ0) is 10.6. The molecule has 0 fully saturated rings. The average molecular weight is 215 g/mol. The lowest BCUT2D eigenvalue weighted by atomic mass is 10.6. The maximum atomic E-state index is 11.2. The summed E-state index contributed by atoms with van der Waals surface area (Å²) >= 11 is 1.54. The van der Waals surface area contributed by atoms with Gasteiger partial charge in [-0.1, -0.05) is 18.7 Å². The first-order valence-corrected chi connectivity index (χ1v) is 5.38. The highest BCUT2D eigenvalue weighted by Gasteiger charge is 2.15. The van der Waals surface area contributed by atoms with Crippen molar-refractivity contribution in [3.8, 4) is 0 Å². The number of aromatic nitrogens is 3. The number of carbonyl (C=O) groups excluding carboxylic acids is 1. The Labute approximate surface area is 86.8 Å². The van der Waals surface area contributed by atoms with E-state index in [2.05, 4.69) is 10.1 Å². The summed E-state index contributed by atoms with van der Waals surface area (Å²) in [5, 5.41) is 4.69. The van der Waals surface area contributed by atoms with E-state index < -0.39 is 5.97 Å². The molecule has 0 N–H and O–H groups in total. The Kier molecular flexibility index (Phi) is 3.94. The molecule has 0 unspecified atom stereocenters. The van der Waals surface area contributed by atoms with Crippen molar-refractivity contribution in [2.24, 2.45) is 7.05 Å². The van der Waals surface area contributed by atoms with Crippen LogP contribution in [-0.4, -0.2) is 33.1 Å². The Morgan fingerprint density at radius 2 is 2.29 bits per heavy atom. The summed E-state index contributed by atoms with van der Waals surface area (Å²) in [5.41, 5.74) is 0.